The predicted octanol–water partition coefficient (Wildman–Crippen LogP) is 2.67. The topological polar surface area (TPSA) is 37.4 Å². The smallest absolute Gasteiger partial charge is 0.226 e. The van der Waals surface area contributed by atoms with Crippen LogP contribution >= 0.6 is 0 Å². The average molecular weight is 257 g/mol. The molecule has 19 heavy (non-hydrogen) atoms. The number of benzene rings is 1. The number of likely N-dealkylation sites (tertiary alicyclic amines) is 1. The highest BCUT2D eigenvalue weighted by Crippen LogP contribution is 2.26. The molecule has 1 aromatic carbocycles. The van der Waals surface area contributed by atoms with E-state index in [0.29, 0.717) is 12.8 Å². The van der Waals surface area contributed by atoms with Gasteiger partial charge in [-0.2, -0.15) is 0 Å². The third kappa shape index (κ3) is 3.11. The summed E-state index contributed by atoms with van der Waals surface area (Å²) in [4.78, 5) is 24.6. The van der Waals surface area contributed by atoms with E-state index < -0.39 is 5.41 Å². The van der Waals surface area contributed by atoms with Gasteiger partial charge < -0.3 is 9.69 Å². The van der Waals surface area contributed by atoms with Crippen LogP contribution in [0, 0.1) is 0 Å². The lowest BCUT2D eigenvalue weighted by Crippen LogP contribution is -2.23. The van der Waals surface area contributed by atoms with E-state index in [1.54, 1.807) is 4.90 Å². The monoisotopic (exact) mass is 257 g/mol. The zero-order chi connectivity index (χ0) is 13.7. The molecule has 1 heterocycles. The largest absolute Gasteiger partial charge is 0.319 e. The van der Waals surface area contributed by atoms with Crippen LogP contribution in [0.3, 0.4) is 0 Å². The van der Waals surface area contributed by atoms with Gasteiger partial charge in [0.05, 0.1) is 5.41 Å². The second-order valence-corrected chi connectivity index (χ2v) is 5.18. The summed E-state index contributed by atoms with van der Waals surface area (Å²) < 4.78 is 0. The summed E-state index contributed by atoms with van der Waals surface area (Å²) in [5.74, 6) is 0.170. The molecule has 1 amide bonds. The Labute approximate surface area is 113 Å². The number of carbonyl (C=O) groups is 2. The minimum Gasteiger partial charge on any atom is -0.319 e. The van der Waals surface area contributed by atoms with E-state index in [9.17, 15) is 9.59 Å². The molecule has 1 aliphatic heterocycles. The van der Waals surface area contributed by atoms with Crippen LogP contribution in [0.5, 0.6) is 0 Å². The summed E-state index contributed by atoms with van der Waals surface area (Å²) in [5, 5.41) is 0. The Morgan fingerprint density at radius 2 is 2.05 bits per heavy atom. The van der Waals surface area contributed by atoms with Gasteiger partial charge in [-0.1, -0.05) is 36.4 Å². The summed E-state index contributed by atoms with van der Waals surface area (Å²) in [5.41, 5.74) is 0.475. The highest BCUT2D eigenvalue weighted by atomic mass is 16.2. The molecule has 3 heteroatoms. The lowest BCUT2D eigenvalue weighted by atomic mass is 9.81. The Hall–Kier alpha value is -1.90. The fourth-order valence-corrected chi connectivity index (χ4v) is 2.30. The molecular weight excluding hydrogens is 238 g/mol. The van der Waals surface area contributed by atoms with Crippen molar-refractivity contribution in [2.45, 2.75) is 31.6 Å². The third-order valence-electron chi connectivity index (χ3n) is 3.63. The molecule has 1 aliphatic rings. The maximum absolute atomic E-state index is 11.5. The zero-order valence-corrected chi connectivity index (χ0v) is 11.2. The summed E-state index contributed by atoms with van der Waals surface area (Å²) >= 11 is 0. The van der Waals surface area contributed by atoms with E-state index in [-0.39, 0.29) is 5.91 Å². The van der Waals surface area contributed by atoms with Crippen molar-refractivity contribution in [3.63, 3.8) is 0 Å². The Bertz CT molecular complexity index is 481. The summed E-state index contributed by atoms with van der Waals surface area (Å²) in [6.45, 7) is 2.71. The van der Waals surface area contributed by atoms with Crippen LogP contribution in [0.1, 0.15) is 31.7 Å². The normalized spacial score (nSPS) is 18.8. The highest BCUT2D eigenvalue weighted by Gasteiger charge is 2.25. The first-order valence-corrected chi connectivity index (χ1v) is 6.64. The molecule has 0 N–H and O–H groups in total. The number of hydrogen-bond donors (Lipinski definition) is 0. The van der Waals surface area contributed by atoms with E-state index in [1.165, 1.54) is 0 Å². The minimum absolute atomic E-state index is 0.170. The first-order chi connectivity index (χ1) is 9.15. The molecule has 1 fully saturated rings. The van der Waals surface area contributed by atoms with Gasteiger partial charge in [-0.25, -0.2) is 0 Å². The van der Waals surface area contributed by atoms with Gasteiger partial charge >= 0.3 is 0 Å². The van der Waals surface area contributed by atoms with Crippen LogP contribution in [-0.4, -0.2) is 23.6 Å². The van der Waals surface area contributed by atoms with Crippen molar-refractivity contribution >= 4 is 12.2 Å². The highest BCUT2D eigenvalue weighted by molar-refractivity contribution is 5.79. The lowest BCUT2D eigenvalue weighted by Gasteiger charge is -2.22. The quantitative estimate of drug-likeness (QED) is 0.760. The fraction of sp³-hybridized carbons (Fsp3) is 0.375. The second kappa shape index (κ2) is 5.83. The molecule has 1 unspecified atom stereocenters. The molecule has 1 saturated heterocycles. The van der Waals surface area contributed by atoms with Gasteiger partial charge in [0.2, 0.25) is 5.91 Å². The Morgan fingerprint density at radius 3 is 2.63 bits per heavy atom. The van der Waals surface area contributed by atoms with E-state index in [4.69, 9.17) is 0 Å². The zero-order valence-electron chi connectivity index (χ0n) is 11.2. The number of rotatable bonds is 5. The molecule has 0 radical (unpaired) electrons. The number of amides is 1. The van der Waals surface area contributed by atoms with Crippen molar-refractivity contribution in [2.75, 3.05) is 6.54 Å². The lowest BCUT2D eigenvalue weighted by molar-refractivity contribution is -0.125. The third-order valence-corrected chi connectivity index (χ3v) is 3.63. The van der Waals surface area contributed by atoms with E-state index in [1.807, 2.05) is 49.5 Å². The number of aldehydes is 1. The van der Waals surface area contributed by atoms with Gasteiger partial charge in [0.15, 0.2) is 0 Å². The molecular formula is C16H19NO2. The Morgan fingerprint density at radius 1 is 1.32 bits per heavy atom. The van der Waals surface area contributed by atoms with Crippen LogP contribution in [0.2, 0.25) is 0 Å². The number of nitrogens with zero attached hydrogens (tertiary/aromatic N) is 1. The second-order valence-electron chi connectivity index (χ2n) is 5.18. The van der Waals surface area contributed by atoms with E-state index in [0.717, 1.165) is 24.8 Å². The van der Waals surface area contributed by atoms with Gasteiger partial charge in [0.25, 0.3) is 0 Å². The van der Waals surface area contributed by atoms with Gasteiger partial charge in [0, 0.05) is 19.2 Å². The maximum atomic E-state index is 11.5. The minimum atomic E-state index is -0.527. The van der Waals surface area contributed by atoms with Crippen LogP contribution < -0.4 is 0 Å². The SMILES string of the molecule is CC(C=O)(C/C=C/N1CCCC1=O)c1ccccc1. The van der Waals surface area contributed by atoms with E-state index in [2.05, 4.69) is 0 Å². The van der Waals surface area contributed by atoms with Gasteiger partial charge in [-0.15, -0.1) is 0 Å². The molecule has 0 aromatic heterocycles. The number of allylic oxidation sites excluding steroid dienone is 1. The molecule has 1 aromatic rings. The van der Waals surface area contributed by atoms with E-state index >= 15 is 0 Å². The molecule has 3 nitrogen and oxygen atoms in total. The molecule has 0 aliphatic carbocycles. The molecule has 0 saturated carbocycles. The predicted molar refractivity (Wildman–Crippen MR) is 74.6 cm³/mol. The summed E-state index contributed by atoms with van der Waals surface area (Å²) in [7, 11) is 0. The van der Waals surface area contributed by atoms with Crippen LogP contribution in [0.4, 0.5) is 0 Å². The molecule has 0 spiro atoms. The summed E-state index contributed by atoms with van der Waals surface area (Å²) in [6, 6.07) is 9.73. The average Bonchev–Trinajstić information content (AvgIpc) is 2.85. The van der Waals surface area contributed by atoms with Gasteiger partial charge in [-0.3, -0.25) is 4.79 Å². The van der Waals surface area contributed by atoms with Crippen molar-refractivity contribution in [3.8, 4) is 0 Å². The fourth-order valence-electron chi connectivity index (χ4n) is 2.30. The molecule has 0 bridgehead atoms. The van der Waals surface area contributed by atoms with Crippen molar-refractivity contribution in [1.82, 2.24) is 4.90 Å². The van der Waals surface area contributed by atoms with Crippen molar-refractivity contribution in [1.29, 1.82) is 0 Å². The Balaban J connectivity index is 2.05. The first-order valence-electron chi connectivity index (χ1n) is 6.64. The molecule has 2 rings (SSSR count). The van der Waals surface area contributed by atoms with Gasteiger partial charge in [0.1, 0.15) is 6.29 Å². The molecule has 1 atom stereocenters. The van der Waals surface area contributed by atoms with Crippen molar-refractivity contribution < 1.29 is 9.59 Å². The Kier molecular flexibility index (Phi) is 4.15. The maximum Gasteiger partial charge on any atom is 0.226 e. The molecule has 100 valence electrons. The van der Waals surface area contributed by atoms with Crippen LogP contribution in [0.25, 0.3) is 0 Å². The standard InChI is InChI=1S/C16H19NO2/c1-16(13-18,14-7-3-2-4-8-14)10-6-12-17-11-5-9-15(17)19/h2-4,6-8,12-13H,5,9-11H2,1H3/b12-6+. The number of hydrogen-bond acceptors (Lipinski definition) is 2. The van der Waals surface area contributed by atoms with Crippen molar-refractivity contribution in [3.05, 3.63) is 48.2 Å². The summed E-state index contributed by atoms with van der Waals surface area (Å²) in [6.07, 6.45) is 6.88. The first kappa shape index (κ1) is 13.5. The van der Waals surface area contributed by atoms with Gasteiger partial charge in [-0.05, 0) is 25.3 Å². The van der Waals surface area contributed by atoms with Crippen LogP contribution in [0.15, 0.2) is 42.6 Å². The number of carbonyl (C=O) groups excluding carboxylic acids is 2. The van der Waals surface area contributed by atoms with Crippen LogP contribution in [-0.2, 0) is 15.0 Å². The van der Waals surface area contributed by atoms with Crippen molar-refractivity contribution in [2.24, 2.45) is 0 Å².